The van der Waals surface area contributed by atoms with Gasteiger partial charge in [-0.15, -0.1) is 0 Å². The Morgan fingerprint density at radius 3 is 2.22 bits per heavy atom. The number of fused-ring (bicyclic) bond motifs is 2. The van der Waals surface area contributed by atoms with Crippen molar-refractivity contribution in [3.05, 3.63) is 59.7 Å². The Balaban J connectivity index is 1.97. The molecule has 5 N–H and O–H groups in total. The summed E-state index contributed by atoms with van der Waals surface area (Å²) in [6.07, 6.45) is -0.646. The third-order valence-corrected chi connectivity index (χ3v) is 8.72. The van der Waals surface area contributed by atoms with E-state index < -0.39 is 59.2 Å². The number of carbonyl (C=O) groups excluding carboxylic acids is 1. The van der Waals surface area contributed by atoms with Crippen LogP contribution in [0.2, 0.25) is 0 Å². The molecule has 2 heterocycles. The second-order valence-electron chi connectivity index (χ2n) is 12.4. The average Bonchev–Trinajstić information content (AvgIpc) is 3.19. The van der Waals surface area contributed by atoms with Gasteiger partial charge in [0.2, 0.25) is 23.1 Å². The average molecular weight is 633 g/mol. The Morgan fingerprint density at radius 2 is 1.67 bits per heavy atom. The number of ether oxygens (including phenoxy) is 3. The topological polar surface area (TPSA) is 197 Å². The molecule has 12 heteroatoms. The summed E-state index contributed by atoms with van der Waals surface area (Å²) in [5.74, 6) is -9.74. The van der Waals surface area contributed by atoms with E-state index >= 15 is 0 Å². The summed E-state index contributed by atoms with van der Waals surface area (Å²) >= 11 is 0. The highest BCUT2D eigenvalue weighted by atomic mass is 16.8. The number of hydrogen-bond donors (Lipinski definition) is 5. The molecule has 9 atom stereocenters. The number of aliphatic hydroxyl groups is 2. The number of rotatable bonds is 15. The Hall–Kier alpha value is -3.58. The minimum absolute atomic E-state index is 0.0665. The minimum atomic E-state index is -3.81. The summed E-state index contributed by atoms with van der Waals surface area (Å²) < 4.78 is 16.5. The van der Waals surface area contributed by atoms with E-state index in [0.29, 0.717) is 5.92 Å². The van der Waals surface area contributed by atoms with Crippen LogP contribution in [0, 0.1) is 17.8 Å². The zero-order valence-corrected chi connectivity index (χ0v) is 26.2. The highest BCUT2D eigenvalue weighted by molar-refractivity contribution is 5.98. The lowest BCUT2D eigenvalue weighted by molar-refractivity contribution is -0.374. The third-order valence-electron chi connectivity index (χ3n) is 8.72. The molecule has 0 radical (unpaired) electrons. The van der Waals surface area contributed by atoms with Crippen LogP contribution in [0.1, 0.15) is 65.9 Å². The monoisotopic (exact) mass is 632 g/mol. The van der Waals surface area contributed by atoms with Crippen LogP contribution in [0.25, 0.3) is 0 Å². The molecular formula is C33H44O12. The number of aliphatic hydroxyl groups excluding tert-OH is 1. The van der Waals surface area contributed by atoms with Crippen molar-refractivity contribution in [1.29, 1.82) is 0 Å². The lowest BCUT2D eigenvalue weighted by Gasteiger charge is -2.48. The van der Waals surface area contributed by atoms with Gasteiger partial charge in [-0.2, -0.15) is 0 Å². The smallest absolute Gasteiger partial charge is 0.344 e. The van der Waals surface area contributed by atoms with Crippen LogP contribution in [-0.2, 0) is 39.8 Å². The highest BCUT2D eigenvalue weighted by Gasteiger charge is 2.85. The molecule has 248 valence electrons. The first-order valence-electron chi connectivity index (χ1n) is 15.1. The first-order chi connectivity index (χ1) is 21.0. The molecule has 0 aromatic heterocycles. The van der Waals surface area contributed by atoms with Gasteiger partial charge in [0.05, 0.1) is 0 Å². The molecule has 2 aliphatic heterocycles. The van der Waals surface area contributed by atoms with Gasteiger partial charge in [-0.1, -0.05) is 82.2 Å². The van der Waals surface area contributed by atoms with E-state index in [-0.39, 0.29) is 24.7 Å². The molecular weight excluding hydrogens is 588 g/mol. The molecule has 0 saturated carbocycles. The molecule has 2 aliphatic rings. The van der Waals surface area contributed by atoms with Crippen molar-refractivity contribution in [2.45, 2.75) is 102 Å². The molecule has 2 fully saturated rings. The van der Waals surface area contributed by atoms with Crippen LogP contribution >= 0.6 is 0 Å². The summed E-state index contributed by atoms with van der Waals surface area (Å²) in [5.41, 5.74) is -5.38. The number of carbonyl (C=O) groups is 4. The molecule has 1 aromatic rings. The number of esters is 1. The van der Waals surface area contributed by atoms with Gasteiger partial charge in [-0.3, -0.25) is 0 Å². The molecule has 0 amide bonds. The summed E-state index contributed by atoms with van der Waals surface area (Å²) in [6.45, 7) is 9.68. The lowest BCUT2D eigenvalue weighted by atomic mass is 9.74. The molecule has 0 spiro atoms. The summed E-state index contributed by atoms with van der Waals surface area (Å²) in [6, 6.07) is 9.74. The number of hydrogen-bond acceptors (Lipinski definition) is 9. The van der Waals surface area contributed by atoms with Crippen molar-refractivity contribution < 1.29 is 58.9 Å². The molecule has 2 bridgehead atoms. The van der Waals surface area contributed by atoms with E-state index in [2.05, 4.69) is 0 Å². The van der Waals surface area contributed by atoms with Crippen LogP contribution in [-0.4, -0.2) is 84.7 Å². The fourth-order valence-electron chi connectivity index (χ4n) is 6.22. The van der Waals surface area contributed by atoms with Gasteiger partial charge in [0, 0.05) is 12.5 Å². The van der Waals surface area contributed by atoms with Gasteiger partial charge < -0.3 is 39.7 Å². The van der Waals surface area contributed by atoms with Gasteiger partial charge in [0.25, 0.3) is 0 Å². The van der Waals surface area contributed by atoms with Crippen molar-refractivity contribution in [3.63, 3.8) is 0 Å². The lowest BCUT2D eigenvalue weighted by Crippen LogP contribution is -2.78. The van der Waals surface area contributed by atoms with Gasteiger partial charge in [-0.25, -0.2) is 19.2 Å². The normalized spacial score (nSPS) is 31.7. The van der Waals surface area contributed by atoms with E-state index in [1.54, 1.807) is 6.92 Å². The largest absolute Gasteiger partial charge is 0.479 e. The van der Waals surface area contributed by atoms with E-state index in [1.807, 2.05) is 64.1 Å². The van der Waals surface area contributed by atoms with Crippen LogP contribution in [0.5, 0.6) is 0 Å². The molecule has 3 rings (SSSR count). The van der Waals surface area contributed by atoms with Gasteiger partial charge in [-0.05, 0) is 49.5 Å². The maximum absolute atomic E-state index is 12.9. The number of aliphatic carboxylic acids is 3. The zero-order valence-electron chi connectivity index (χ0n) is 26.2. The Labute approximate surface area is 262 Å². The van der Waals surface area contributed by atoms with Gasteiger partial charge >= 0.3 is 23.9 Å². The SMILES string of the molecule is CC[C@H](C)C[C@H](C)/C=C/C(=O)O[C@@H]1[C@@H](O)[C@@]2(CC/C(C)=C/[C@@H](C)Cc3ccccc3)O[C@H](C(=O)O)[C@@](O)(C(=O)O)[C@]1(C(=O)O)O2. The zero-order chi connectivity index (χ0) is 33.7. The van der Waals surface area contributed by atoms with Gasteiger partial charge in [0.15, 0.2) is 6.10 Å². The van der Waals surface area contributed by atoms with E-state index in [0.717, 1.165) is 36.5 Å². The summed E-state index contributed by atoms with van der Waals surface area (Å²) in [4.78, 5) is 50.5. The Morgan fingerprint density at radius 1 is 1.02 bits per heavy atom. The maximum atomic E-state index is 12.9. The van der Waals surface area contributed by atoms with Crippen LogP contribution < -0.4 is 0 Å². The highest BCUT2D eigenvalue weighted by Crippen LogP contribution is 2.55. The molecule has 2 saturated heterocycles. The van der Waals surface area contributed by atoms with Crippen molar-refractivity contribution in [3.8, 4) is 0 Å². The van der Waals surface area contributed by atoms with E-state index in [1.165, 1.54) is 6.08 Å². The quantitative estimate of drug-likeness (QED) is 0.108. The van der Waals surface area contributed by atoms with Crippen molar-refractivity contribution in [2.24, 2.45) is 17.8 Å². The standard InChI is InChI=1S/C33H44O12/c1-6-19(2)16-20(3)12-13-24(34)43-26-25(35)31(15-14-21(4)17-22(5)18-23-10-8-7-9-11-23)44-27(28(36)37)32(42,29(38)39)33(26,45-31)30(40)41/h7-13,17,19-20,22,25-27,35,42H,6,14-16,18H2,1-5H3,(H,36,37)(H,38,39)(H,40,41)/b13-12+,21-17+/t19-,20+,22+,25+,26+,27+,31-,32+,33-/m0/s1. The number of allylic oxidation sites excluding steroid dienone is 3. The number of carboxylic acid groups (broad SMARTS) is 3. The third kappa shape index (κ3) is 7.14. The van der Waals surface area contributed by atoms with E-state index in [9.17, 15) is 44.7 Å². The van der Waals surface area contributed by atoms with Crippen molar-refractivity contribution in [2.75, 3.05) is 0 Å². The Kier molecular flexibility index (Phi) is 11.4. The van der Waals surface area contributed by atoms with E-state index in [4.69, 9.17) is 14.2 Å². The second kappa shape index (κ2) is 14.2. The first kappa shape index (κ1) is 35.9. The fraction of sp³-hybridized carbons (Fsp3) is 0.576. The molecule has 1 aromatic carbocycles. The number of benzene rings is 1. The maximum Gasteiger partial charge on any atom is 0.344 e. The number of carboxylic acids is 3. The van der Waals surface area contributed by atoms with Crippen molar-refractivity contribution >= 4 is 23.9 Å². The fourth-order valence-corrected chi connectivity index (χ4v) is 6.22. The van der Waals surface area contributed by atoms with Crippen LogP contribution in [0.4, 0.5) is 0 Å². The molecule has 0 unspecified atom stereocenters. The molecule has 0 aliphatic carbocycles. The van der Waals surface area contributed by atoms with Gasteiger partial charge in [0.1, 0.15) is 6.10 Å². The predicted octanol–water partition coefficient (Wildman–Crippen LogP) is 3.34. The van der Waals surface area contributed by atoms with Crippen molar-refractivity contribution in [1.82, 2.24) is 0 Å². The van der Waals surface area contributed by atoms with Crippen LogP contribution in [0.3, 0.4) is 0 Å². The second-order valence-corrected chi connectivity index (χ2v) is 12.4. The summed E-state index contributed by atoms with van der Waals surface area (Å²) in [7, 11) is 0. The predicted molar refractivity (Wildman–Crippen MR) is 160 cm³/mol. The molecule has 12 nitrogen and oxygen atoms in total. The Bertz CT molecular complexity index is 1310. The minimum Gasteiger partial charge on any atom is -0.479 e. The first-order valence-corrected chi connectivity index (χ1v) is 15.1. The molecule has 45 heavy (non-hydrogen) atoms. The summed E-state index contributed by atoms with van der Waals surface area (Å²) in [5, 5.41) is 53.1. The van der Waals surface area contributed by atoms with Crippen LogP contribution in [0.15, 0.2) is 54.1 Å².